The summed E-state index contributed by atoms with van der Waals surface area (Å²) in [7, 11) is 0. The Labute approximate surface area is 181 Å². The second kappa shape index (κ2) is 8.91. The average molecular weight is 443 g/mol. The largest absolute Gasteiger partial charge is 0.491 e. The Bertz CT molecular complexity index is 1250. The van der Waals surface area contributed by atoms with E-state index in [2.05, 4.69) is 16.8 Å². The van der Waals surface area contributed by atoms with E-state index in [1.54, 1.807) is 36.4 Å². The number of aliphatic hydroxyl groups excluding tert-OH is 1. The van der Waals surface area contributed by atoms with Gasteiger partial charge in [-0.15, -0.1) is 16.8 Å². The Morgan fingerprint density at radius 2 is 1.97 bits per heavy atom. The molecule has 30 heavy (non-hydrogen) atoms. The van der Waals surface area contributed by atoms with Gasteiger partial charge in [-0.1, -0.05) is 41.6 Å². The predicted octanol–water partition coefficient (Wildman–Crippen LogP) is 3.42. The molecular weight excluding hydrogens is 424 g/mol. The van der Waals surface area contributed by atoms with Crippen LogP contribution in [0, 0.1) is 0 Å². The number of nitrogens with zero attached hydrogens (tertiary/aromatic N) is 4. The molecule has 2 heterocycles. The summed E-state index contributed by atoms with van der Waals surface area (Å²) in [4.78, 5) is 12.8. The zero-order valence-corrected chi connectivity index (χ0v) is 17.5. The van der Waals surface area contributed by atoms with Gasteiger partial charge in [-0.2, -0.15) is 0 Å². The van der Waals surface area contributed by atoms with Crippen molar-refractivity contribution in [3.63, 3.8) is 0 Å². The second-order valence-electron chi connectivity index (χ2n) is 6.57. The van der Waals surface area contributed by atoms with Gasteiger partial charge in [-0.25, -0.2) is 0 Å². The molecule has 0 bridgehead atoms. The van der Waals surface area contributed by atoms with E-state index in [1.165, 1.54) is 16.3 Å². The molecule has 1 atom stereocenters. The van der Waals surface area contributed by atoms with Crippen LogP contribution in [0.3, 0.4) is 0 Å². The molecule has 1 N–H and O–H groups in total. The molecule has 0 fully saturated rings. The van der Waals surface area contributed by atoms with Crippen LogP contribution in [0.25, 0.3) is 16.7 Å². The van der Waals surface area contributed by atoms with Crippen molar-refractivity contribution in [2.45, 2.75) is 17.8 Å². The van der Waals surface area contributed by atoms with E-state index in [1.807, 2.05) is 22.6 Å². The summed E-state index contributed by atoms with van der Waals surface area (Å²) < 4.78 is 8.96. The molecule has 9 heteroatoms. The van der Waals surface area contributed by atoms with E-state index in [0.29, 0.717) is 39.4 Å². The van der Waals surface area contributed by atoms with Crippen molar-refractivity contribution in [2.24, 2.45) is 0 Å². The van der Waals surface area contributed by atoms with Crippen molar-refractivity contribution in [3.8, 4) is 5.75 Å². The Hall–Kier alpha value is -2.81. The van der Waals surface area contributed by atoms with Crippen LogP contribution < -0.4 is 10.3 Å². The highest BCUT2D eigenvalue weighted by molar-refractivity contribution is 7.99. The predicted molar refractivity (Wildman–Crippen MR) is 119 cm³/mol. The van der Waals surface area contributed by atoms with Crippen molar-refractivity contribution in [3.05, 3.63) is 76.6 Å². The minimum Gasteiger partial charge on any atom is -0.491 e. The fourth-order valence-corrected chi connectivity index (χ4v) is 4.03. The third kappa shape index (κ3) is 4.07. The summed E-state index contributed by atoms with van der Waals surface area (Å²) in [6.45, 7) is 4.18. The topological polar surface area (TPSA) is 81.7 Å². The highest BCUT2D eigenvalue weighted by Gasteiger charge is 2.17. The van der Waals surface area contributed by atoms with Crippen molar-refractivity contribution in [1.29, 1.82) is 0 Å². The molecule has 0 saturated carbocycles. The summed E-state index contributed by atoms with van der Waals surface area (Å²) in [5, 5.41) is 20.6. The van der Waals surface area contributed by atoms with Crippen molar-refractivity contribution >= 4 is 40.0 Å². The number of rotatable bonds is 8. The molecule has 2 aromatic heterocycles. The number of benzene rings is 2. The van der Waals surface area contributed by atoms with E-state index in [9.17, 15) is 9.90 Å². The fraction of sp³-hybridized carbons (Fsp3) is 0.190. The van der Waals surface area contributed by atoms with E-state index in [-0.39, 0.29) is 12.2 Å². The molecule has 0 spiro atoms. The van der Waals surface area contributed by atoms with Gasteiger partial charge in [0.1, 0.15) is 12.4 Å². The lowest BCUT2D eigenvalue weighted by atomic mass is 10.2. The van der Waals surface area contributed by atoms with Crippen molar-refractivity contribution in [2.75, 3.05) is 12.4 Å². The van der Waals surface area contributed by atoms with Gasteiger partial charge in [0, 0.05) is 17.3 Å². The van der Waals surface area contributed by atoms with Crippen LogP contribution in [0.5, 0.6) is 5.75 Å². The number of fused-ring (bicyclic) bond motifs is 3. The number of hydrogen-bond donors (Lipinski definition) is 1. The normalized spacial score (nSPS) is 12.3. The van der Waals surface area contributed by atoms with Crippen molar-refractivity contribution in [1.82, 2.24) is 19.2 Å². The van der Waals surface area contributed by atoms with E-state index >= 15 is 0 Å². The maximum Gasteiger partial charge on any atom is 0.263 e. The summed E-state index contributed by atoms with van der Waals surface area (Å²) in [6, 6.07) is 14.3. The number of aliphatic hydroxyl groups is 1. The van der Waals surface area contributed by atoms with E-state index in [0.717, 1.165) is 5.52 Å². The molecule has 0 aliphatic heterocycles. The summed E-state index contributed by atoms with van der Waals surface area (Å²) >= 11 is 7.21. The molecule has 0 amide bonds. The van der Waals surface area contributed by atoms with Crippen LogP contribution in [0.2, 0.25) is 5.02 Å². The van der Waals surface area contributed by atoms with Crippen LogP contribution in [0.1, 0.15) is 0 Å². The lowest BCUT2D eigenvalue weighted by molar-refractivity contribution is 0.126. The average Bonchev–Trinajstić information content (AvgIpc) is 3.19. The minimum absolute atomic E-state index is 0.132. The lowest BCUT2D eigenvalue weighted by Crippen LogP contribution is -2.23. The molecule has 4 rings (SSSR count). The Balaban J connectivity index is 1.56. The summed E-state index contributed by atoms with van der Waals surface area (Å²) in [5.41, 5.74) is 0.579. The molecule has 4 aromatic rings. The third-order valence-corrected chi connectivity index (χ3v) is 5.78. The smallest absolute Gasteiger partial charge is 0.263 e. The fourth-order valence-electron chi connectivity index (χ4n) is 3.06. The first-order valence-electron chi connectivity index (χ1n) is 9.25. The second-order valence-corrected chi connectivity index (χ2v) is 7.99. The number of thioether (sulfide) groups is 1. The van der Waals surface area contributed by atoms with Gasteiger partial charge in [0.25, 0.3) is 5.56 Å². The molecule has 154 valence electrons. The standard InChI is InChI=1S/C21H19ClN4O3S/c1-2-11-25-19(28)17-5-3-4-6-18(17)26-20(25)23-24-21(26)30-13-15(27)12-29-16-9-7-14(22)8-10-16/h2-10,15,27H,1,11-13H2. The number of hydrogen-bond acceptors (Lipinski definition) is 6. The van der Waals surface area contributed by atoms with E-state index < -0.39 is 6.10 Å². The molecule has 0 radical (unpaired) electrons. The molecule has 7 nitrogen and oxygen atoms in total. The Morgan fingerprint density at radius 1 is 1.20 bits per heavy atom. The van der Waals surface area contributed by atoms with Crippen LogP contribution in [-0.4, -0.2) is 42.7 Å². The molecular formula is C21H19ClN4O3S. The Kier molecular flexibility index (Phi) is 6.08. The molecule has 0 aliphatic rings. The van der Waals surface area contributed by atoms with Gasteiger partial charge in [-0.3, -0.25) is 13.8 Å². The van der Waals surface area contributed by atoms with Crippen molar-refractivity contribution < 1.29 is 9.84 Å². The number of para-hydroxylation sites is 1. The summed E-state index contributed by atoms with van der Waals surface area (Å²) in [6.07, 6.45) is 0.929. The SMILES string of the molecule is C=CCn1c(=O)c2ccccc2n2c(SCC(O)COc3ccc(Cl)cc3)nnc12. The summed E-state index contributed by atoms with van der Waals surface area (Å²) in [5.74, 6) is 1.42. The quantitative estimate of drug-likeness (QED) is 0.332. The first kappa shape index (κ1) is 20.5. The third-order valence-electron chi connectivity index (χ3n) is 4.45. The molecule has 2 aromatic carbocycles. The number of aromatic nitrogens is 4. The molecule has 0 aliphatic carbocycles. The van der Waals surface area contributed by atoms with Gasteiger partial charge in [0.05, 0.1) is 17.0 Å². The highest BCUT2D eigenvalue weighted by Crippen LogP contribution is 2.22. The van der Waals surface area contributed by atoms with Crippen LogP contribution in [-0.2, 0) is 6.54 Å². The van der Waals surface area contributed by atoms with Gasteiger partial charge < -0.3 is 9.84 Å². The van der Waals surface area contributed by atoms with Crippen LogP contribution in [0.15, 0.2) is 71.1 Å². The zero-order valence-electron chi connectivity index (χ0n) is 15.9. The highest BCUT2D eigenvalue weighted by atomic mass is 35.5. The number of ether oxygens (including phenoxy) is 1. The molecule has 0 saturated heterocycles. The first-order chi connectivity index (χ1) is 14.6. The molecule has 1 unspecified atom stereocenters. The van der Waals surface area contributed by atoms with Crippen LogP contribution >= 0.6 is 23.4 Å². The van der Waals surface area contributed by atoms with E-state index in [4.69, 9.17) is 16.3 Å². The van der Waals surface area contributed by atoms with Gasteiger partial charge in [0.15, 0.2) is 5.16 Å². The monoisotopic (exact) mass is 442 g/mol. The van der Waals surface area contributed by atoms with Gasteiger partial charge in [-0.05, 0) is 36.4 Å². The van der Waals surface area contributed by atoms with Crippen LogP contribution in [0.4, 0.5) is 0 Å². The maximum atomic E-state index is 12.8. The van der Waals surface area contributed by atoms with Gasteiger partial charge >= 0.3 is 0 Å². The number of halogens is 1. The zero-order chi connectivity index (χ0) is 21.1. The van der Waals surface area contributed by atoms with Gasteiger partial charge in [0.2, 0.25) is 5.78 Å². The lowest BCUT2D eigenvalue weighted by Gasteiger charge is -2.12. The maximum absolute atomic E-state index is 12.8. The Morgan fingerprint density at radius 3 is 2.73 bits per heavy atom. The number of allylic oxidation sites excluding steroid dienone is 1. The minimum atomic E-state index is -0.719. The first-order valence-corrected chi connectivity index (χ1v) is 10.6.